The molecule has 1 aliphatic heterocycles. The maximum absolute atomic E-state index is 12.4. The minimum Gasteiger partial charge on any atom is -0.535 e. The third-order valence-electron chi connectivity index (χ3n) is 4.79. The summed E-state index contributed by atoms with van der Waals surface area (Å²) >= 11 is 0. The monoisotopic (exact) mass is 449 g/mol. The first-order chi connectivity index (χ1) is 15.3. The van der Waals surface area contributed by atoms with Gasteiger partial charge in [-0.3, -0.25) is 4.79 Å². The molecule has 1 aromatic rings. The molecule has 0 bridgehead atoms. The third-order valence-corrected chi connectivity index (χ3v) is 4.79. The van der Waals surface area contributed by atoms with Crippen LogP contribution in [0.3, 0.4) is 0 Å². The fourth-order valence-electron chi connectivity index (χ4n) is 2.99. The van der Waals surface area contributed by atoms with E-state index in [2.05, 4.69) is 5.32 Å². The minimum absolute atomic E-state index is 0.0756. The number of Topliss-reactive ketones (excluding diaryl/α,β-unsaturated/α-hetero) is 1. The van der Waals surface area contributed by atoms with Gasteiger partial charge in [-0.2, -0.15) is 0 Å². The highest BCUT2D eigenvalue weighted by molar-refractivity contribution is 6.46. The Balaban J connectivity index is 1.89. The van der Waals surface area contributed by atoms with Crippen molar-refractivity contribution in [3.63, 3.8) is 0 Å². The molecule has 1 aliphatic rings. The standard InChI is InChI=1S/C21H28BNO9/c1-3-4-10-29-21(27)31-13-30-20(26)17-7-5-6-15-11-16(22(28)32-19(15)17)12-23-18(25)9-8-14(2)24/h5-7,16,28H,3-4,8-13H2,1-2H3,(H,23,25). The van der Waals surface area contributed by atoms with E-state index in [1.807, 2.05) is 6.92 Å². The van der Waals surface area contributed by atoms with Gasteiger partial charge in [-0.15, -0.1) is 0 Å². The zero-order chi connectivity index (χ0) is 23.5. The minimum atomic E-state index is -1.26. The molecule has 174 valence electrons. The van der Waals surface area contributed by atoms with E-state index in [1.54, 1.807) is 12.1 Å². The molecule has 0 saturated carbocycles. The van der Waals surface area contributed by atoms with Gasteiger partial charge in [-0.05, 0) is 31.4 Å². The number of carbonyl (C=O) groups is 4. The molecular weight excluding hydrogens is 421 g/mol. The summed E-state index contributed by atoms with van der Waals surface area (Å²) in [6, 6.07) is 4.85. The highest BCUT2D eigenvalue weighted by atomic mass is 16.8. The summed E-state index contributed by atoms with van der Waals surface area (Å²) in [6.07, 6.45) is 1.23. The molecule has 0 radical (unpaired) electrons. The second-order valence-corrected chi connectivity index (χ2v) is 7.42. The Labute approximate surface area is 186 Å². The Morgan fingerprint density at radius 3 is 2.69 bits per heavy atom. The second kappa shape index (κ2) is 12.7. The molecule has 1 atom stereocenters. The van der Waals surface area contributed by atoms with Crippen LogP contribution in [0, 0.1) is 0 Å². The van der Waals surface area contributed by atoms with Crippen LogP contribution in [0.1, 0.15) is 55.5 Å². The largest absolute Gasteiger partial charge is 0.535 e. The number of fused-ring (bicyclic) bond motifs is 1. The van der Waals surface area contributed by atoms with Crippen molar-refractivity contribution in [1.29, 1.82) is 0 Å². The fraction of sp³-hybridized carbons (Fsp3) is 0.524. The molecule has 0 spiro atoms. The normalized spacial score (nSPS) is 14.6. The number of hydrogen-bond acceptors (Lipinski definition) is 9. The van der Waals surface area contributed by atoms with Gasteiger partial charge < -0.3 is 34.0 Å². The number of carbonyl (C=O) groups excluding carboxylic acids is 4. The van der Waals surface area contributed by atoms with E-state index in [9.17, 15) is 24.2 Å². The van der Waals surface area contributed by atoms with E-state index < -0.39 is 31.9 Å². The average Bonchev–Trinajstić information content (AvgIpc) is 2.76. The van der Waals surface area contributed by atoms with Gasteiger partial charge in [0.05, 0.1) is 6.61 Å². The van der Waals surface area contributed by atoms with Crippen molar-refractivity contribution in [2.45, 2.75) is 51.8 Å². The third kappa shape index (κ3) is 7.88. The van der Waals surface area contributed by atoms with Crippen LogP contribution >= 0.6 is 0 Å². The van der Waals surface area contributed by atoms with Crippen LogP contribution in [0.5, 0.6) is 5.75 Å². The summed E-state index contributed by atoms with van der Waals surface area (Å²) in [7, 11) is -1.26. The van der Waals surface area contributed by atoms with E-state index in [-0.39, 0.29) is 49.0 Å². The Morgan fingerprint density at radius 1 is 1.19 bits per heavy atom. The number of benzene rings is 1. The topological polar surface area (TPSA) is 137 Å². The maximum atomic E-state index is 12.4. The first-order valence-electron chi connectivity index (χ1n) is 10.5. The first-order valence-corrected chi connectivity index (χ1v) is 10.5. The van der Waals surface area contributed by atoms with Crippen LogP contribution in [0.15, 0.2) is 18.2 Å². The molecule has 0 fully saturated rings. The predicted molar refractivity (Wildman–Crippen MR) is 113 cm³/mol. The van der Waals surface area contributed by atoms with Gasteiger partial charge in [0.1, 0.15) is 17.1 Å². The Morgan fingerprint density at radius 2 is 1.97 bits per heavy atom. The van der Waals surface area contributed by atoms with E-state index in [1.165, 1.54) is 13.0 Å². The summed E-state index contributed by atoms with van der Waals surface area (Å²) in [5, 5.41) is 13.0. The molecule has 0 aliphatic carbocycles. The quantitative estimate of drug-likeness (QED) is 0.225. The van der Waals surface area contributed by atoms with Crippen LogP contribution < -0.4 is 9.97 Å². The fourth-order valence-corrected chi connectivity index (χ4v) is 2.99. The maximum Gasteiger partial charge on any atom is 0.528 e. The lowest BCUT2D eigenvalue weighted by molar-refractivity contribution is -0.124. The zero-order valence-electron chi connectivity index (χ0n) is 18.3. The van der Waals surface area contributed by atoms with Crippen molar-refractivity contribution in [1.82, 2.24) is 5.32 Å². The second-order valence-electron chi connectivity index (χ2n) is 7.42. The molecule has 1 amide bonds. The lowest BCUT2D eigenvalue weighted by Gasteiger charge is -2.28. The summed E-state index contributed by atoms with van der Waals surface area (Å²) in [4.78, 5) is 46.6. The molecule has 0 aromatic heterocycles. The molecule has 10 nitrogen and oxygen atoms in total. The smallest absolute Gasteiger partial charge is 0.528 e. The number of ketones is 1. The summed E-state index contributed by atoms with van der Waals surface area (Å²) in [5.74, 6) is -1.41. The lowest BCUT2D eigenvalue weighted by Crippen LogP contribution is -2.41. The molecule has 1 heterocycles. The number of rotatable bonds is 11. The van der Waals surface area contributed by atoms with Gasteiger partial charge in [0.15, 0.2) is 0 Å². The van der Waals surface area contributed by atoms with Gasteiger partial charge in [-0.25, -0.2) is 9.59 Å². The van der Waals surface area contributed by atoms with Crippen molar-refractivity contribution in [2.24, 2.45) is 0 Å². The van der Waals surface area contributed by atoms with Gasteiger partial charge in [0, 0.05) is 25.2 Å². The predicted octanol–water partition coefficient (Wildman–Crippen LogP) is 2.03. The van der Waals surface area contributed by atoms with Crippen molar-refractivity contribution in [3.8, 4) is 5.75 Å². The van der Waals surface area contributed by atoms with Crippen molar-refractivity contribution >= 4 is 30.9 Å². The van der Waals surface area contributed by atoms with E-state index >= 15 is 0 Å². The molecule has 2 N–H and O–H groups in total. The van der Waals surface area contributed by atoms with Crippen LogP contribution in [0.25, 0.3) is 0 Å². The van der Waals surface area contributed by atoms with E-state index in [0.717, 1.165) is 6.42 Å². The van der Waals surface area contributed by atoms with Crippen molar-refractivity contribution in [2.75, 3.05) is 19.9 Å². The number of hydrogen-bond donors (Lipinski definition) is 2. The first kappa shape index (κ1) is 25.2. The summed E-state index contributed by atoms with van der Waals surface area (Å²) < 4.78 is 20.0. The summed E-state index contributed by atoms with van der Waals surface area (Å²) in [5.41, 5.74) is 0.737. The molecule has 2 rings (SSSR count). The number of ether oxygens (including phenoxy) is 3. The Bertz CT molecular complexity index is 829. The number of nitrogens with one attached hydrogen (secondary N) is 1. The van der Waals surface area contributed by atoms with Crippen molar-refractivity contribution in [3.05, 3.63) is 29.3 Å². The van der Waals surface area contributed by atoms with E-state index in [0.29, 0.717) is 18.4 Å². The number of esters is 1. The highest BCUT2D eigenvalue weighted by Crippen LogP contribution is 2.34. The van der Waals surface area contributed by atoms with Crippen molar-refractivity contribution < 1.29 is 43.1 Å². The molecule has 11 heteroatoms. The van der Waals surface area contributed by atoms with Gasteiger partial charge >= 0.3 is 19.2 Å². The molecule has 1 aromatic carbocycles. The van der Waals surface area contributed by atoms with Crippen LogP contribution in [0.4, 0.5) is 4.79 Å². The highest BCUT2D eigenvalue weighted by Gasteiger charge is 2.37. The summed E-state index contributed by atoms with van der Waals surface area (Å²) in [6.45, 7) is 3.12. The average molecular weight is 449 g/mol. The van der Waals surface area contributed by atoms with Gasteiger partial charge in [0.2, 0.25) is 12.7 Å². The Kier molecular flexibility index (Phi) is 10.00. The lowest BCUT2D eigenvalue weighted by atomic mass is 9.66. The molecule has 0 saturated heterocycles. The number of para-hydroxylation sites is 1. The van der Waals surface area contributed by atoms with Gasteiger partial charge in [0.25, 0.3) is 0 Å². The molecule has 32 heavy (non-hydrogen) atoms. The SMILES string of the molecule is CCCCOC(=O)OCOC(=O)c1cccc2c1OB(O)C(CNC(=O)CCC(C)=O)C2. The van der Waals surface area contributed by atoms with Crippen LogP contribution in [0.2, 0.25) is 5.82 Å². The number of unbranched alkanes of at least 4 members (excludes halogenated alkanes) is 1. The zero-order valence-corrected chi connectivity index (χ0v) is 18.3. The van der Waals surface area contributed by atoms with Crippen LogP contribution in [-0.2, 0) is 30.2 Å². The number of amides is 1. The molecular formula is C21H28BNO9. The Hall–Kier alpha value is -3.08. The van der Waals surface area contributed by atoms with Gasteiger partial charge in [-0.1, -0.05) is 25.5 Å². The van der Waals surface area contributed by atoms with E-state index in [4.69, 9.17) is 18.9 Å². The molecule has 1 unspecified atom stereocenters. The van der Waals surface area contributed by atoms with Crippen LogP contribution in [-0.4, -0.2) is 55.9 Å².